The summed E-state index contributed by atoms with van der Waals surface area (Å²) in [6.07, 6.45) is 1.87. The molecule has 5 heterocycles. The van der Waals surface area contributed by atoms with Gasteiger partial charge in [-0.2, -0.15) is 5.10 Å². The molecule has 202 valence electrons. The second-order valence-electron chi connectivity index (χ2n) is 9.77. The molecular formula is C30H28N6O3S. The zero-order valence-corrected chi connectivity index (χ0v) is 23.1. The number of rotatable bonds is 7. The number of ether oxygens (including phenoxy) is 2. The van der Waals surface area contributed by atoms with Crippen molar-refractivity contribution in [1.82, 2.24) is 19.6 Å². The molecule has 7 rings (SSSR count). The Labute approximate surface area is 235 Å². The molecule has 0 N–H and O–H groups in total. The summed E-state index contributed by atoms with van der Waals surface area (Å²) in [5, 5.41) is 8.45. The van der Waals surface area contributed by atoms with Gasteiger partial charge in [-0.3, -0.25) is 0 Å². The van der Waals surface area contributed by atoms with Gasteiger partial charge in [0.1, 0.15) is 29.4 Å². The van der Waals surface area contributed by atoms with E-state index in [-0.39, 0.29) is 0 Å². The normalized spacial score (nSPS) is 13.8. The van der Waals surface area contributed by atoms with Crippen molar-refractivity contribution in [2.45, 2.75) is 13.5 Å². The molecule has 0 atom stereocenters. The molecule has 4 aromatic heterocycles. The minimum Gasteiger partial charge on any atom is -0.496 e. The summed E-state index contributed by atoms with van der Waals surface area (Å²) >= 11 is 1.66. The molecule has 0 bridgehead atoms. The third-order valence-corrected chi connectivity index (χ3v) is 8.05. The lowest BCUT2D eigenvalue weighted by molar-refractivity contribution is 0.303. The van der Waals surface area contributed by atoms with Gasteiger partial charge in [0.15, 0.2) is 16.5 Å². The highest BCUT2D eigenvalue weighted by Gasteiger charge is 2.20. The van der Waals surface area contributed by atoms with Crippen molar-refractivity contribution in [1.29, 1.82) is 0 Å². The Morgan fingerprint density at radius 3 is 2.60 bits per heavy atom. The van der Waals surface area contributed by atoms with Crippen LogP contribution in [0.15, 0.2) is 76.7 Å². The van der Waals surface area contributed by atoms with Crippen molar-refractivity contribution in [3.05, 3.63) is 83.6 Å². The van der Waals surface area contributed by atoms with E-state index in [1.807, 2.05) is 43.5 Å². The largest absolute Gasteiger partial charge is 0.496 e. The first-order valence-electron chi connectivity index (χ1n) is 13.2. The second-order valence-corrected chi connectivity index (χ2v) is 10.6. The maximum atomic E-state index is 6.29. The summed E-state index contributed by atoms with van der Waals surface area (Å²) in [6, 6.07) is 20.2. The van der Waals surface area contributed by atoms with Crippen molar-refractivity contribution in [3.63, 3.8) is 0 Å². The first-order chi connectivity index (χ1) is 19.6. The minimum atomic E-state index is 0.348. The van der Waals surface area contributed by atoms with Crippen LogP contribution >= 0.6 is 11.3 Å². The maximum absolute atomic E-state index is 6.29. The number of nitrogens with zero attached hydrogens (tertiary/aromatic N) is 6. The zero-order valence-electron chi connectivity index (χ0n) is 22.3. The predicted octanol–water partition coefficient (Wildman–Crippen LogP) is 5.82. The van der Waals surface area contributed by atoms with Crippen molar-refractivity contribution in [3.8, 4) is 23.0 Å². The van der Waals surface area contributed by atoms with Crippen molar-refractivity contribution in [2.24, 2.45) is 0 Å². The molecule has 1 aliphatic heterocycles. The Balaban J connectivity index is 1.07. The van der Waals surface area contributed by atoms with E-state index in [4.69, 9.17) is 18.9 Å². The van der Waals surface area contributed by atoms with Crippen LogP contribution in [-0.4, -0.2) is 52.9 Å². The van der Waals surface area contributed by atoms with E-state index in [9.17, 15) is 0 Å². The SMILES string of the molecule is COc1cc(OCc2csc(N3CCN(c4ccccc4)CC3)n2)c2cc(-c3cn4nc(C)ccc4n3)oc2c1. The number of aryl methyl sites for hydroxylation is 1. The number of aromatic nitrogens is 4. The number of thiazole rings is 1. The molecule has 0 aliphatic carbocycles. The Hall–Kier alpha value is -4.57. The van der Waals surface area contributed by atoms with Gasteiger partial charge in [-0.15, -0.1) is 11.3 Å². The number of imidazole rings is 1. The quantitative estimate of drug-likeness (QED) is 0.245. The van der Waals surface area contributed by atoms with Gasteiger partial charge in [-0.05, 0) is 37.3 Å². The summed E-state index contributed by atoms with van der Waals surface area (Å²) in [5.41, 5.74) is 5.22. The van der Waals surface area contributed by atoms with Crippen LogP contribution in [0.4, 0.5) is 10.8 Å². The number of piperazine rings is 1. The molecule has 0 amide bonds. The van der Waals surface area contributed by atoms with Gasteiger partial charge in [0.05, 0.1) is 30.1 Å². The van der Waals surface area contributed by atoms with Gasteiger partial charge in [0.25, 0.3) is 0 Å². The fourth-order valence-electron chi connectivity index (χ4n) is 5.00. The summed E-state index contributed by atoms with van der Waals surface area (Å²) in [6.45, 7) is 6.13. The molecule has 2 aromatic carbocycles. The van der Waals surface area contributed by atoms with Gasteiger partial charge in [-0.1, -0.05) is 18.2 Å². The highest BCUT2D eigenvalue weighted by atomic mass is 32.1. The lowest BCUT2D eigenvalue weighted by Gasteiger charge is -2.36. The van der Waals surface area contributed by atoms with Crippen LogP contribution in [0, 0.1) is 6.92 Å². The van der Waals surface area contributed by atoms with Crippen molar-refractivity contribution < 1.29 is 13.9 Å². The molecule has 1 aliphatic rings. The van der Waals surface area contributed by atoms with E-state index in [0.717, 1.165) is 53.7 Å². The van der Waals surface area contributed by atoms with Gasteiger partial charge >= 0.3 is 0 Å². The number of benzene rings is 2. The standard InChI is InChI=1S/C30H28N6O3S/c1-20-8-9-29-32-25(17-36(29)33-20)28-16-24-26(14-23(37-2)15-27(24)39-28)38-18-21-19-40-30(31-21)35-12-10-34(11-13-35)22-6-4-3-5-7-22/h3-9,14-17,19H,10-13,18H2,1-2H3. The van der Waals surface area contributed by atoms with Crippen LogP contribution in [0.25, 0.3) is 28.1 Å². The van der Waals surface area contributed by atoms with E-state index >= 15 is 0 Å². The van der Waals surface area contributed by atoms with E-state index in [1.165, 1.54) is 5.69 Å². The predicted molar refractivity (Wildman–Crippen MR) is 157 cm³/mol. The smallest absolute Gasteiger partial charge is 0.185 e. The minimum absolute atomic E-state index is 0.348. The molecule has 0 unspecified atom stereocenters. The summed E-state index contributed by atoms with van der Waals surface area (Å²) in [5.74, 6) is 1.97. The monoisotopic (exact) mass is 552 g/mol. The van der Waals surface area contributed by atoms with Gasteiger partial charge < -0.3 is 23.7 Å². The Morgan fingerprint density at radius 1 is 0.950 bits per heavy atom. The molecule has 40 heavy (non-hydrogen) atoms. The second kappa shape index (κ2) is 10.2. The first-order valence-corrected chi connectivity index (χ1v) is 14.1. The summed E-state index contributed by atoms with van der Waals surface area (Å²) in [4.78, 5) is 14.3. The molecule has 6 aromatic rings. The lowest BCUT2D eigenvalue weighted by Crippen LogP contribution is -2.46. The summed E-state index contributed by atoms with van der Waals surface area (Å²) in [7, 11) is 1.63. The average molecular weight is 553 g/mol. The van der Waals surface area contributed by atoms with E-state index in [1.54, 1.807) is 23.0 Å². The maximum Gasteiger partial charge on any atom is 0.185 e. The number of fused-ring (bicyclic) bond motifs is 2. The first kappa shape index (κ1) is 24.5. The molecule has 10 heteroatoms. The van der Waals surface area contributed by atoms with Gasteiger partial charge in [0.2, 0.25) is 0 Å². The molecular weight excluding hydrogens is 524 g/mol. The molecule has 0 radical (unpaired) electrons. The van der Waals surface area contributed by atoms with Crippen LogP contribution in [0.3, 0.4) is 0 Å². The number of hydrogen-bond acceptors (Lipinski definition) is 9. The molecule has 9 nitrogen and oxygen atoms in total. The third-order valence-electron chi connectivity index (χ3n) is 7.10. The Kier molecular flexibility index (Phi) is 6.24. The lowest BCUT2D eigenvalue weighted by atomic mass is 10.2. The van der Waals surface area contributed by atoms with E-state index < -0.39 is 0 Å². The van der Waals surface area contributed by atoms with Crippen molar-refractivity contribution >= 4 is 38.8 Å². The van der Waals surface area contributed by atoms with E-state index in [2.05, 4.69) is 55.6 Å². The topological polar surface area (TPSA) is 81.2 Å². The molecule has 0 spiro atoms. The Morgan fingerprint density at radius 2 is 1.77 bits per heavy atom. The van der Waals surface area contributed by atoms with Gasteiger partial charge in [-0.25, -0.2) is 14.5 Å². The number of furan rings is 1. The highest BCUT2D eigenvalue weighted by molar-refractivity contribution is 7.13. The van der Waals surface area contributed by atoms with Gasteiger partial charge in [0, 0.05) is 49.4 Å². The fraction of sp³-hybridized carbons (Fsp3) is 0.233. The number of methoxy groups -OCH3 is 1. The average Bonchev–Trinajstić information content (AvgIpc) is 3.74. The summed E-state index contributed by atoms with van der Waals surface area (Å²) < 4.78 is 19.8. The highest BCUT2D eigenvalue weighted by Crippen LogP contribution is 2.37. The molecule has 0 saturated carbocycles. The molecule has 1 fully saturated rings. The third kappa shape index (κ3) is 4.71. The van der Waals surface area contributed by atoms with Crippen LogP contribution in [0.5, 0.6) is 11.5 Å². The van der Waals surface area contributed by atoms with Crippen LogP contribution < -0.4 is 19.3 Å². The number of para-hydroxylation sites is 1. The van der Waals surface area contributed by atoms with Crippen LogP contribution in [0.2, 0.25) is 0 Å². The van der Waals surface area contributed by atoms with Crippen LogP contribution in [-0.2, 0) is 6.61 Å². The van der Waals surface area contributed by atoms with Crippen molar-refractivity contribution in [2.75, 3.05) is 43.1 Å². The van der Waals surface area contributed by atoms with Crippen LogP contribution in [0.1, 0.15) is 11.4 Å². The zero-order chi connectivity index (χ0) is 27.1. The number of anilines is 2. The Bertz CT molecular complexity index is 1790. The molecule has 1 saturated heterocycles. The number of hydrogen-bond donors (Lipinski definition) is 0. The fourth-order valence-corrected chi connectivity index (χ4v) is 5.86. The van der Waals surface area contributed by atoms with E-state index in [0.29, 0.717) is 35.1 Å².